The minimum atomic E-state index is -1.07. The lowest BCUT2D eigenvalue weighted by atomic mass is 10.1. The molecule has 2 N–H and O–H groups in total. The summed E-state index contributed by atoms with van der Waals surface area (Å²) in [6, 6.07) is 2.43. The Labute approximate surface area is 121 Å². The number of halogens is 2. The zero-order valence-corrected chi connectivity index (χ0v) is 12.1. The van der Waals surface area contributed by atoms with Gasteiger partial charge >= 0.3 is 12.0 Å². The molecular formula is C14H18F2N2O3. The number of nitrogens with one attached hydrogen (secondary N) is 1. The number of hydrogen-bond donors (Lipinski definition) is 2. The molecule has 0 saturated carbocycles. The Morgan fingerprint density at radius 1 is 1.24 bits per heavy atom. The summed E-state index contributed by atoms with van der Waals surface area (Å²) in [6.45, 7) is 5.26. The second-order valence-electron chi connectivity index (χ2n) is 5.53. The third-order valence-corrected chi connectivity index (χ3v) is 2.78. The minimum Gasteiger partial charge on any atom is -0.481 e. The number of carboxylic acid groups (broad SMARTS) is 1. The highest BCUT2D eigenvalue weighted by atomic mass is 19.2. The van der Waals surface area contributed by atoms with Gasteiger partial charge in [0.1, 0.15) is 0 Å². The van der Waals surface area contributed by atoms with E-state index in [1.54, 1.807) is 20.8 Å². The number of amides is 2. The average molecular weight is 300 g/mol. The third kappa shape index (κ3) is 5.02. The molecule has 5 nitrogen and oxygen atoms in total. The van der Waals surface area contributed by atoms with Gasteiger partial charge in [-0.25, -0.2) is 13.6 Å². The van der Waals surface area contributed by atoms with Crippen LogP contribution in [0.25, 0.3) is 0 Å². The van der Waals surface area contributed by atoms with Crippen molar-refractivity contribution in [1.29, 1.82) is 0 Å². The molecule has 0 aliphatic carbocycles. The molecule has 0 heterocycles. The summed E-state index contributed by atoms with van der Waals surface area (Å²) in [5.74, 6) is -3.10. The summed E-state index contributed by atoms with van der Waals surface area (Å²) in [5, 5.41) is 11.1. The van der Waals surface area contributed by atoms with Gasteiger partial charge in [0.05, 0.1) is 6.42 Å². The maximum atomic E-state index is 13.1. The molecule has 0 fully saturated rings. The van der Waals surface area contributed by atoms with Gasteiger partial charge in [-0.15, -0.1) is 0 Å². The van der Waals surface area contributed by atoms with E-state index in [-0.39, 0.29) is 18.7 Å². The van der Waals surface area contributed by atoms with Crippen LogP contribution in [0.4, 0.5) is 19.3 Å². The topological polar surface area (TPSA) is 69.6 Å². The van der Waals surface area contributed by atoms with Gasteiger partial charge in [-0.3, -0.25) is 4.79 Å². The van der Waals surface area contributed by atoms with Crippen LogP contribution in [-0.4, -0.2) is 34.1 Å². The van der Waals surface area contributed by atoms with Crippen molar-refractivity contribution in [1.82, 2.24) is 4.90 Å². The molecule has 0 unspecified atom stereocenters. The number of carbonyl (C=O) groups is 2. The van der Waals surface area contributed by atoms with Crippen molar-refractivity contribution in [3.8, 4) is 0 Å². The molecule has 0 spiro atoms. The first-order valence-corrected chi connectivity index (χ1v) is 6.36. The van der Waals surface area contributed by atoms with Crippen molar-refractivity contribution in [3.05, 3.63) is 29.8 Å². The van der Waals surface area contributed by atoms with E-state index in [4.69, 9.17) is 5.11 Å². The second kappa shape index (κ2) is 6.51. The zero-order chi connectivity index (χ0) is 16.2. The van der Waals surface area contributed by atoms with Gasteiger partial charge in [-0.2, -0.15) is 0 Å². The van der Waals surface area contributed by atoms with Crippen LogP contribution < -0.4 is 5.32 Å². The SMILES string of the molecule is CC(C)(C)N(CCC(=O)O)C(=O)Nc1ccc(F)c(F)c1. The summed E-state index contributed by atoms with van der Waals surface area (Å²) >= 11 is 0. The predicted molar refractivity (Wildman–Crippen MR) is 74.1 cm³/mol. The van der Waals surface area contributed by atoms with Crippen LogP contribution >= 0.6 is 0 Å². The maximum absolute atomic E-state index is 13.1. The van der Waals surface area contributed by atoms with Gasteiger partial charge in [-0.1, -0.05) is 0 Å². The number of urea groups is 1. The van der Waals surface area contributed by atoms with Crippen molar-refractivity contribution in [2.75, 3.05) is 11.9 Å². The number of nitrogens with zero attached hydrogens (tertiary/aromatic N) is 1. The Kier molecular flexibility index (Phi) is 5.23. The van der Waals surface area contributed by atoms with Crippen LogP contribution in [0.5, 0.6) is 0 Å². The van der Waals surface area contributed by atoms with Crippen molar-refractivity contribution in [2.24, 2.45) is 0 Å². The zero-order valence-electron chi connectivity index (χ0n) is 12.1. The van der Waals surface area contributed by atoms with Crippen LogP contribution in [0.3, 0.4) is 0 Å². The van der Waals surface area contributed by atoms with Gasteiger partial charge < -0.3 is 15.3 Å². The van der Waals surface area contributed by atoms with Crippen LogP contribution in [0.15, 0.2) is 18.2 Å². The predicted octanol–water partition coefficient (Wildman–Crippen LogP) is 3.07. The molecule has 116 valence electrons. The molecule has 0 aliphatic rings. The van der Waals surface area contributed by atoms with E-state index in [1.807, 2.05) is 0 Å². The normalized spacial score (nSPS) is 11.1. The molecule has 0 atom stereocenters. The first-order chi connectivity index (χ1) is 9.61. The first kappa shape index (κ1) is 16.9. The lowest BCUT2D eigenvalue weighted by Crippen LogP contribution is -2.48. The van der Waals surface area contributed by atoms with Crippen LogP contribution in [0.1, 0.15) is 27.2 Å². The highest BCUT2D eigenvalue weighted by Gasteiger charge is 2.27. The van der Waals surface area contributed by atoms with Crippen molar-refractivity contribution in [2.45, 2.75) is 32.7 Å². The fourth-order valence-corrected chi connectivity index (χ4v) is 1.71. The standard InChI is InChI=1S/C14H18F2N2O3/c1-14(2,3)18(7-6-12(19)20)13(21)17-9-4-5-10(15)11(16)8-9/h4-5,8H,6-7H2,1-3H3,(H,17,21)(H,19,20). The number of anilines is 1. The monoisotopic (exact) mass is 300 g/mol. The van der Waals surface area contributed by atoms with Gasteiger partial charge in [0.15, 0.2) is 11.6 Å². The average Bonchev–Trinajstić information content (AvgIpc) is 2.32. The molecule has 0 aliphatic heterocycles. The molecule has 1 rings (SSSR count). The number of aliphatic carboxylic acids is 1. The molecular weight excluding hydrogens is 282 g/mol. The van der Waals surface area contributed by atoms with Crippen LogP contribution in [-0.2, 0) is 4.79 Å². The van der Waals surface area contributed by atoms with Gasteiger partial charge in [0.25, 0.3) is 0 Å². The largest absolute Gasteiger partial charge is 0.481 e. The van der Waals surface area contributed by atoms with Crippen LogP contribution in [0.2, 0.25) is 0 Å². The molecule has 21 heavy (non-hydrogen) atoms. The lowest BCUT2D eigenvalue weighted by molar-refractivity contribution is -0.137. The smallest absolute Gasteiger partial charge is 0.322 e. The van der Waals surface area contributed by atoms with Crippen LogP contribution in [0, 0.1) is 11.6 Å². The van der Waals surface area contributed by atoms with E-state index in [0.29, 0.717) is 0 Å². The molecule has 1 aromatic carbocycles. The Morgan fingerprint density at radius 2 is 1.86 bits per heavy atom. The summed E-state index contributed by atoms with van der Waals surface area (Å²) in [4.78, 5) is 24.1. The number of carbonyl (C=O) groups excluding carboxylic acids is 1. The van der Waals surface area contributed by atoms with E-state index in [2.05, 4.69) is 5.32 Å². The van der Waals surface area contributed by atoms with E-state index >= 15 is 0 Å². The molecule has 0 saturated heterocycles. The molecule has 0 radical (unpaired) electrons. The van der Waals surface area contributed by atoms with E-state index in [0.717, 1.165) is 12.1 Å². The molecule has 1 aromatic rings. The van der Waals surface area contributed by atoms with Crippen molar-refractivity contribution in [3.63, 3.8) is 0 Å². The van der Waals surface area contributed by atoms with Crippen molar-refractivity contribution >= 4 is 17.7 Å². The number of carboxylic acids is 1. The number of benzene rings is 1. The fourth-order valence-electron chi connectivity index (χ4n) is 1.71. The Balaban J connectivity index is 2.85. The maximum Gasteiger partial charge on any atom is 0.322 e. The Bertz CT molecular complexity index is 542. The first-order valence-electron chi connectivity index (χ1n) is 6.36. The summed E-state index contributed by atoms with van der Waals surface area (Å²) in [7, 11) is 0. The fraction of sp³-hybridized carbons (Fsp3) is 0.429. The van der Waals surface area contributed by atoms with E-state index < -0.39 is 29.2 Å². The van der Waals surface area contributed by atoms with E-state index in [1.165, 1.54) is 11.0 Å². The number of rotatable bonds is 4. The summed E-state index contributed by atoms with van der Waals surface area (Å²) in [5.41, 5.74) is -0.513. The second-order valence-corrected chi connectivity index (χ2v) is 5.53. The molecule has 7 heteroatoms. The van der Waals surface area contributed by atoms with E-state index in [9.17, 15) is 18.4 Å². The molecule has 2 amide bonds. The van der Waals surface area contributed by atoms with Crippen molar-refractivity contribution < 1.29 is 23.5 Å². The van der Waals surface area contributed by atoms with Gasteiger partial charge in [0.2, 0.25) is 0 Å². The molecule has 0 aromatic heterocycles. The highest BCUT2D eigenvalue weighted by Crippen LogP contribution is 2.18. The molecule has 0 bridgehead atoms. The summed E-state index contributed by atoms with van der Waals surface area (Å²) < 4.78 is 25.9. The summed E-state index contributed by atoms with van der Waals surface area (Å²) in [6.07, 6.45) is -0.206. The third-order valence-electron chi connectivity index (χ3n) is 2.78. The quantitative estimate of drug-likeness (QED) is 0.897. The highest BCUT2D eigenvalue weighted by molar-refractivity contribution is 5.90. The Morgan fingerprint density at radius 3 is 2.33 bits per heavy atom. The van der Waals surface area contributed by atoms with Gasteiger partial charge in [0, 0.05) is 23.8 Å². The lowest BCUT2D eigenvalue weighted by Gasteiger charge is -2.35. The number of hydrogen-bond acceptors (Lipinski definition) is 2. The van der Waals surface area contributed by atoms with Gasteiger partial charge in [-0.05, 0) is 32.9 Å². The minimum absolute atomic E-state index is 0.00828. The Hall–Kier alpha value is -2.18.